The molecule has 1 aromatic heterocycles. The first-order valence-corrected chi connectivity index (χ1v) is 5.40. The van der Waals surface area contributed by atoms with Gasteiger partial charge < -0.3 is 9.84 Å². The third-order valence-corrected chi connectivity index (χ3v) is 2.31. The topological polar surface area (TPSA) is 42.4 Å². The maximum atomic E-state index is 9.41. The molecule has 0 unspecified atom stereocenters. The SMILES string of the molecule is COC[C@@H](O)CCCCc1ccccn1. The zero-order valence-electron chi connectivity index (χ0n) is 9.22. The molecule has 1 N–H and O–H groups in total. The van der Waals surface area contributed by atoms with E-state index in [1.165, 1.54) is 0 Å². The zero-order valence-corrected chi connectivity index (χ0v) is 9.22. The van der Waals surface area contributed by atoms with E-state index in [2.05, 4.69) is 4.98 Å². The van der Waals surface area contributed by atoms with E-state index >= 15 is 0 Å². The van der Waals surface area contributed by atoms with E-state index in [1.54, 1.807) is 7.11 Å². The molecule has 0 aliphatic carbocycles. The Balaban J connectivity index is 2.07. The van der Waals surface area contributed by atoms with Crippen LogP contribution in [-0.4, -0.2) is 29.9 Å². The van der Waals surface area contributed by atoms with E-state index in [4.69, 9.17) is 4.74 Å². The molecule has 0 amide bonds. The highest BCUT2D eigenvalue weighted by molar-refractivity contribution is 5.03. The maximum absolute atomic E-state index is 9.41. The van der Waals surface area contributed by atoms with Crippen LogP contribution in [0.4, 0.5) is 0 Å². The van der Waals surface area contributed by atoms with Crippen molar-refractivity contribution >= 4 is 0 Å². The summed E-state index contributed by atoms with van der Waals surface area (Å²) in [4.78, 5) is 4.24. The second-order valence-corrected chi connectivity index (χ2v) is 3.68. The minimum atomic E-state index is -0.321. The van der Waals surface area contributed by atoms with Crippen molar-refractivity contribution in [3.8, 4) is 0 Å². The molecular formula is C12H19NO2. The fraction of sp³-hybridized carbons (Fsp3) is 0.583. The first-order chi connectivity index (χ1) is 7.33. The smallest absolute Gasteiger partial charge is 0.0773 e. The molecule has 0 saturated heterocycles. The van der Waals surface area contributed by atoms with Crippen LogP contribution in [0.25, 0.3) is 0 Å². The summed E-state index contributed by atoms with van der Waals surface area (Å²) >= 11 is 0. The largest absolute Gasteiger partial charge is 0.391 e. The monoisotopic (exact) mass is 209 g/mol. The number of aliphatic hydroxyl groups excluding tert-OH is 1. The summed E-state index contributed by atoms with van der Waals surface area (Å²) in [6.07, 6.45) is 5.37. The summed E-state index contributed by atoms with van der Waals surface area (Å²) in [6, 6.07) is 5.96. The summed E-state index contributed by atoms with van der Waals surface area (Å²) in [5, 5.41) is 9.41. The third kappa shape index (κ3) is 5.50. The van der Waals surface area contributed by atoms with E-state index in [0.717, 1.165) is 31.4 Å². The Morgan fingerprint density at radius 3 is 2.93 bits per heavy atom. The van der Waals surface area contributed by atoms with E-state index in [9.17, 15) is 5.11 Å². The molecule has 0 aliphatic rings. The number of aromatic nitrogens is 1. The molecule has 1 atom stereocenters. The summed E-state index contributed by atoms with van der Waals surface area (Å²) in [5.41, 5.74) is 1.12. The number of pyridine rings is 1. The van der Waals surface area contributed by atoms with Gasteiger partial charge in [-0.3, -0.25) is 4.98 Å². The molecule has 0 fully saturated rings. The lowest BCUT2D eigenvalue weighted by Crippen LogP contribution is -2.13. The average Bonchev–Trinajstić information content (AvgIpc) is 2.26. The van der Waals surface area contributed by atoms with Crippen molar-refractivity contribution in [3.63, 3.8) is 0 Å². The minimum Gasteiger partial charge on any atom is -0.391 e. The predicted molar refractivity (Wildman–Crippen MR) is 59.7 cm³/mol. The van der Waals surface area contributed by atoms with Crippen LogP contribution in [0, 0.1) is 0 Å². The van der Waals surface area contributed by atoms with Crippen LogP contribution in [0.3, 0.4) is 0 Å². The van der Waals surface area contributed by atoms with Gasteiger partial charge in [0, 0.05) is 19.0 Å². The number of aryl methyl sites for hydroxylation is 1. The van der Waals surface area contributed by atoms with Gasteiger partial charge in [0.15, 0.2) is 0 Å². The van der Waals surface area contributed by atoms with Crippen molar-refractivity contribution < 1.29 is 9.84 Å². The predicted octanol–water partition coefficient (Wildman–Crippen LogP) is 1.80. The van der Waals surface area contributed by atoms with Crippen molar-refractivity contribution in [2.75, 3.05) is 13.7 Å². The van der Waals surface area contributed by atoms with Gasteiger partial charge in [0.25, 0.3) is 0 Å². The Morgan fingerprint density at radius 1 is 1.40 bits per heavy atom. The normalized spacial score (nSPS) is 12.7. The molecule has 1 heterocycles. The number of hydrogen-bond acceptors (Lipinski definition) is 3. The highest BCUT2D eigenvalue weighted by Gasteiger charge is 2.02. The van der Waals surface area contributed by atoms with Crippen LogP contribution in [0.1, 0.15) is 25.0 Å². The Bertz CT molecular complexity index is 251. The van der Waals surface area contributed by atoms with Crippen molar-refractivity contribution in [3.05, 3.63) is 30.1 Å². The lowest BCUT2D eigenvalue weighted by atomic mass is 10.1. The fourth-order valence-electron chi connectivity index (χ4n) is 1.51. The van der Waals surface area contributed by atoms with Gasteiger partial charge in [-0.05, 0) is 31.4 Å². The molecule has 0 spiro atoms. The molecule has 1 aromatic rings. The molecule has 1 rings (SSSR count). The fourth-order valence-corrected chi connectivity index (χ4v) is 1.51. The molecular weight excluding hydrogens is 190 g/mol. The Labute approximate surface area is 91.1 Å². The number of methoxy groups -OCH3 is 1. The molecule has 0 bridgehead atoms. The Kier molecular flexibility index (Phi) is 5.97. The standard InChI is InChI=1S/C12H19NO2/c1-15-10-12(14)8-3-2-6-11-7-4-5-9-13-11/h4-5,7,9,12,14H,2-3,6,8,10H2,1H3/t12-/m0/s1. The summed E-state index contributed by atoms with van der Waals surface area (Å²) in [6.45, 7) is 0.434. The van der Waals surface area contributed by atoms with Crippen LogP contribution in [0.5, 0.6) is 0 Å². The van der Waals surface area contributed by atoms with Crippen LogP contribution in [0.15, 0.2) is 24.4 Å². The average molecular weight is 209 g/mol. The Hall–Kier alpha value is -0.930. The van der Waals surface area contributed by atoms with Crippen LogP contribution in [0.2, 0.25) is 0 Å². The molecule has 3 nitrogen and oxygen atoms in total. The molecule has 3 heteroatoms. The summed E-state index contributed by atoms with van der Waals surface area (Å²) < 4.78 is 4.86. The van der Waals surface area contributed by atoms with Crippen LogP contribution in [-0.2, 0) is 11.2 Å². The highest BCUT2D eigenvalue weighted by Crippen LogP contribution is 2.06. The highest BCUT2D eigenvalue weighted by atomic mass is 16.5. The van der Waals surface area contributed by atoms with Crippen molar-refractivity contribution in [1.82, 2.24) is 4.98 Å². The number of unbranched alkanes of at least 4 members (excludes halogenated alkanes) is 1. The molecule has 15 heavy (non-hydrogen) atoms. The summed E-state index contributed by atoms with van der Waals surface area (Å²) in [5.74, 6) is 0. The van der Waals surface area contributed by atoms with Gasteiger partial charge in [0.2, 0.25) is 0 Å². The second kappa shape index (κ2) is 7.37. The van der Waals surface area contributed by atoms with E-state index in [-0.39, 0.29) is 6.10 Å². The molecule has 0 aliphatic heterocycles. The lowest BCUT2D eigenvalue weighted by molar-refractivity contribution is 0.0577. The first-order valence-electron chi connectivity index (χ1n) is 5.40. The third-order valence-electron chi connectivity index (χ3n) is 2.31. The first kappa shape index (κ1) is 12.1. The van der Waals surface area contributed by atoms with Crippen molar-refractivity contribution in [1.29, 1.82) is 0 Å². The number of ether oxygens (including phenoxy) is 1. The molecule has 84 valence electrons. The van der Waals surface area contributed by atoms with Crippen molar-refractivity contribution in [2.45, 2.75) is 31.8 Å². The van der Waals surface area contributed by atoms with E-state index in [1.807, 2.05) is 24.4 Å². The quantitative estimate of drug-likeness (QED) is 0.696. The number of aliphatic hydroxyl groups is 1. The van der Waals surface area contributed by atoms with Crippen LogP contribution < -0.4 is 0 Å². The van der Waals surface area contributed by atoms with Gasteiger partial charge in [-0.15, -0.1) is 0 Å². The van der Waals surface area contributed by atoms with E-state index in [0.29, 0.717) is 6.61 Å². The summed E-state index contributed by atoms with van der Waals surface area (Å²) in [7, 11) is 1.61. The van der Waals surface area contributed by atoms with Gasteiger partial charge >= 0.3 is 0 Å². The van der Waals surface area contributed by atoms with Gasteiger partial charge in [-0.1, -0.05) is 12.5 Å². The van der Waals surface area contributed by atoms with Gasteiger partial charge in [0.05, 0.1) is 12.7 Å². The lowest BCUT2D eigenvalue weighted by Gasteiger charge is -2.08. The second-order valence-electron chi connectivity index (χ2n) is 3.68. The number of rotatable bonds is 7. The van der Waals surface area contributed by atoms with Crippen molar-refractivity contribution in [2.24, 2.45) is 0 Å². The van der Waals surface area contributed by atoms with Crippen LogP contribution >= 0.6 is 0 Å². The molecule has 0 saturated carbocycles. The maximum Gasteiger partial charge on any atom is 0.0773 e. The molecule has 0 aromatic carbocycles. The van der Waals surface area contributed by atoms with Gasteiger partial charge in [-0.25, -0.2) is 0 Å². The minimum absolute atomic E-state index is 0.321. The van der Waals surface area contributed by atoms with E-state index < -0.39 is 0 Å². The molecule has 0 radical (unpaired) electrons. The zero-order chi connectivity index (χ0) is 10.9. The number of nitrogens with zero attached hydrogens (tertiary/aromatic N) is 1. The number of hydrogen-bond donors (Lipinski definition) is 1. The van der Waals surface area contributed by atoms with Gasteiger partial charge in [-0.2, -0.15) is 0 Å². The van der Waals surface area contributed by atoms with Gasteiger partial charge in [0.1, 0.15) is 0 Å². The Morgan fingerprint density at radius 2 is 2.27 bits per heavy atom.